The van der Waals surface area contributed by atoms with Crippen molar-refractivity contribution in [2.45, 2.75) is 91.8 Å². The van der Waals surface area contributed by atoms with E-state index in [1.807, 2.05) is 50.2 Å². The zero-order valence-corrected chi connectivity index (χ0v) is 28.0. The quantitative estimate of drug-likeness (QED) is 0.150. The molecule has 0 radical (unpaired) electrons. The Kier molecular flexibility index (Phi) is 8.63. The maximum absolute atomic E-state index is 14.6. The first-order valence-corrected chi connectivity index (χ1v) is 16.5. The number of Topliss-reactive ketones (excluding diaryl/α,β-unsaturated/α-hetero) is 2. The van der Waals surface area contributed by atoms with Gasteiger partial charge in [0.15, 0.2) is 17.3 Å². The van der Waals surface area contributed by atoms with Crippen molar-refractivity contribution in [2.75, 3.05) is 6.61 Å². The molecule has 0 saturated heterocycles. The van der Waals surface area contributed by atoms with Crippen LogP contribution in [0, 0.1) is 17.3 Å². The molecule has 4 unspecified atom stereocenters. The molecule has 0 spiro atoms. The van der Waals surface area contributed by atoms with Crippen molar-refractivity contribution in [3.8, 4) is 11.6 Å². The van der Waals surface area contributed by atoms with Crippen molar-refractivity contribution < 1.29 is 38.2 Å². The largest absolute Gasteiger partial charge is 0.514 e. The first kappa shape index (κ1) is 32.7. The van der Waals surface area contributed by atoms with E-state index >= 15 is 0 Å². The molecule has 3 aliphatic carbocycles. The lowest BCUT2D eigenvalue weighted by atomic mass is 9.60. The number of hydrogen-bond acceptors (Lipinski definition) is 9. The number of allylic oxidation sites excluding steroid dienone is 1. The van der Waals surface area contributed by atoms with Crippen molar-refractivity contribution in [1.82, 2.24) is 5.16 Å². The van der Waals surface area contributed by atoms with Gasteiger partial charge in [-0.15, -0.1) is 0 Å². The second-order valence-electron chi connectivity index (χ2n) is 14.3. The molecule has 1 heterocycles. The van der Waals surface area contributed by atoms with Crippen LogP contribution in [0.15, 0.2) is 58.1 Å². The molecular formula is C38H43NO8. The van der Waals surface area contributed by atoms with E-state index in [2.05, 4.69) is 12.1 Å². The fourth-order valence-corrected chi connectivity index (χ4v) is 7.33. The molecule has 0 amide bonds. The molecule has 1 fully saturated rings. The van der Waals surface area contributed by atoms with Crippen LogP contribution < -0.4 is 9.47 Å². The molecule has 4 atom stereocenters. The van der Waals surface area contributed by atoms with Crippen molar-refractivity contribution in [3.63, 3.8) is 0 Å². The highest BCUT2D eigenvalue weighted by atomic mass is 16.7. The van der Waals surface area contributed by atoms with Crippen molar-refractivity contribution in [1.29, 1.82) is 0 Å². The van der Waals surface area contributed by atoms with Crippen LogP contribution in [-0.2, 0) is 24.2 Å². The Bertz CT molecular complexity index is 1750. The summed E-state index contributed by atoms with van der Waals surface area (Å²) in [5, 5.41) is 15.4. The Hall–Kier alpha value is -4.24. The van der Waals surface area contributed by atoms with Gasteiger partial charge in [-0.05, 0) is 86.2 Å². The van der Waals surface area contributed by atoms with Crippen LogP contribution in [0.2, 0.25) is 0 Å². The number of ketones is 2. The van der Waals surface area contributed by atoms with Crippen LogP contribution in [0.1, 0.15) is 110 Å². The van der Waals surface area contributed by atoms with E-state index in [0.29, 0.717) is 41.7 Å². The summed E-state index contributed by atoms with van der Waals surface area (Å²) in [4.78, 5) is 41.0. The van der Waals surface area contributed by atoms with Crippen molar-refractivity contribution in [3.05, 3.63) is 87.2 Å². The molecule has 2 aromatic carbocycles. The first-order chi connectivity index (χ1) is 22.4. The van der Waals surface area contributed by atoms with E-state index in [0.717, 1.165) is 28.7 Å². The molecule has 9 nitrogen and oxygen atoms in total. The van der Waals surface area contributed by atoms with E-state index in [1.54, 1.807) is 26.8 Å². The van der Waals surface area contributed by atoms with Gasteiger partial charge in [0.05, 0.1) is 12.2 Å². The number of carbonyl (C=O) groups excluding carboxylic acids is 3. The standard InChI is InChI=1S/C38H43NO8/c1-7-24-13-14-29(45-36(43)46-37(4,5)6)30-27(24)18-38(20-40,32(33(30)42)26-15-21(26)2)17-25-16-28(41)31-34(22(25)3)47-39-35(31)44-19-23-11-9-8-10-12-23/h8-14,21-22,25,40H,7,15-20H2,1-6H3. The summed E-state index contributed by atoms with van der Waals surface area (Å²) in [6.07, 6.45) is 1.50. The van der Waals surface area contributed by atoms with Gasteiger partial charge in [0, 0.05) is 23.3 Å². The number of aliphatic hydroxyl groups excluding tert-OH is 1. The third-order valence-corrected chi connectivity index (χ3v) is 9.83. The number of hydrogen-bond donors (Lipinski definition) is 1. The van der Waals surface area contributed by atoms with Gasteiger partial charge in [0.1, 0.15) is 23.5 Å². The minimum absolute atomic E-state index is 0.126. The lowest BCUT2D eigenvalue weighted by molar-refractivity contribution is 0.0204. The van der Waals surface area contributed by atoms with Gasteiger partial charge in [0.25, 0.3) is 5.88 Å². The molecule has 1 N–H and O–H groups in total. The third-order valence-electron chi connectivity index (χ3n) is 9.83. The summed E-state index contributed by atoms with van der Waals surface area (Å²) >= 11 is 0. The Labute approximate surface area is 275 Å². The van der Waals surface area contributed by atoms with Gasteiger partial charge in [-0.3, -0.25) is 9.59 Å². The Morgan fingerprint density at radius 3 is 2.43 bits per heavy atom. The molecule has 1 saturated carbocycles. The minimum atomic E-state index is -0.929. The number of aromatic nitrogens is 1. The normalized spacial score (nSPS) is 25.2. The van der Waals surface area contributed by atoms with Crippen LogP contribution in [0.25, 0.3) is 0 Å². The van der Waals surface area contributed by atoms with E-state index in [9.17, 15) is 19.5 Å². The van der Waals surface area contributed by atoms with Gasteiger partial charge in [-0.25, -0.2) is 4.79 Å². The zero-order valence-electron chi connectivity index (χ0n) is 28.0. The summed E-state index contributed by atoms with van der Waals surface area (Å²) in [6.45, 7) is 11.3. The number of fused-ring (bicyclic) bond motifs is 2. The monoisotopic (exact) mass is 641 g/mol. The molecule has 0 bridgehead atoms. The summed E-state index contributed by atoms with van der Waals surface area (Å²) in [7, 11) is 0. The second-order valence-corrected chi connectivity index (χ2v) is 14.3. The number of carbonyl (C=O) groups is 3. The van der Waals surface area contributed by atoms with Crippen LogP contribution in [0.4, 0.5) is 4.79 Å². The number of benzene rings is 2. The number of aryl methyl sites for hydroxylation is 1. The Balaban J connectivity index is 1.34. The average Bonchev–Trinajstić information content (AvgIpc) is 3.56. The number of ether oxygens (including phenoxy) is 3. The molecule has 0 aliphatic heterocycles. The summed E-state index contributed by atoms with van der Waals surface area (Å²) in [5.41, 5.74) is 3.28. The fourth-order valence-electron chi connectivity index (χ4n) is 7.33. The van der Waals surface area contributed by atoms with Crippen molar-refractivity contribution in [2.24, 2.45) is 17.3 Å². The third kappa shape index (κ3) is 6.25. The molecule has 1 aromatic heterocycles. The lowest BCUT2D eigenvalue weighted by Gasteiger charge is -2.43. The fraction of sp³-hybridized carbons (Fsp3) is 0.474. The highest BCUT2D eigenvalue weighted by molar-refractivity contribution is 6.15. The molecular weight excluding hydrogens is 598 g/mol. The lowest BCUT2D eigenvalue weighted by Crippen LogP contribution is -2.42. The Morgan fingerprint density at radius 1 is 1.06 bits per heavy atom. The van der Waals surface area contributed by atoms with Gasteiger partial charge >= 0.3 is 6.16 Å². The topological polar surface area (TPSA) is 125 Å². The van der Waals surface area contributed by atoms with E-state index in [1.165, 1.54) is 0 Å². The maximum Gasteiger partial charge on any atom is 0.514 e. The smallest absolute Gasteiger partial charge is 0.470 e. The van der Waals surface area contributed by atoms with Crippen LogP contribution in [0.3, 0.4) is 0 Å². The molecule has 6 rings (SSSR count). The van der Waals surface area contributed by atoms with Gasteiger partial charge in [-0.2, -0.15) is 0 Å². The van der Waals surface area contributed by atoms with Gasteiger partial charge in [-0.1, -0.05) is 62.7 Å². The number of aliphatic hydroxyl groups is 1. The van der Waals surface area contributed by atoms with E-state index in [-0.39, 0.29) is 60.6 Å². The zero-order chi connectivity index (χ0) is 33.7. The molecule has 47 heavy (non-hydrogen) atoms. The molecule has 3 aliphatic rings. The average molecular weight is 642 g/mol. The van der Waals surface area contributed by atoms with Gasteiger partial charge in [0.2, 0.25) is 0 Å². The summed E-state index contributed by atoms with van der Waals surface area (Å²) in [5.74, 6) is 0.228. The highest BCUT2D eigenvalue weighted by Gasteiger charge is 2.52. The van der Waals surface area contributed by atoms with Gasteiger partial charge < -0.3 is 23.8 Å². The summed E-state index contributed by atoms with van der Waals surface area (Å²) in [6, 6.07) is 13.2. The van der Waals surface area contributed by atoms with E-state index in [4.69, 9.17) is 18.7 Å². The molecule has 3 aromatic rings. The molecule has 248 valence electrons. The van der Waals surface area contributed by atoms with E-state index < -0.39 is 17.2 Å². The SMILES string of the molecule is CCc1ccc(OC(=O)OC(C)(C)C)c2c1CC(CO)(CC1CC(=O)c3c(OCc4ccccc4)noc3C1C)C(=C1CC1C)C2=O. The van der Waals surface area contributed by atoms with Crippen LogP contribution in [0.5, 0.6) is 11.6 Å². The van der Waals surface area contributed by atoms with Crippen LogP contribution >= 0.6 is 0 Å². The predicted molar refractivity (Wildman–Crippen MR) is 174 cm³/mol. The number of rotatable bonds is 8. The maximum atomic E-state index is 14.6. The highest BCUT2D eigenvalue weighted by Crippen LogP contribution is 2.56. The second kappa shape index (κ2) is 12.4. The summed E-state index contributed by atoms with van der Waals surface area (Å²) < 4.78 is 22.7. The Morgan fingerprint density at radius 2 is 1.79 bits per heavy atom. The number of nitrogens with zero attached hydrogens (tertiary/aromatic N) is 1. The molecule has 9 heteroatoms. The van der Waals surface area contributed by atoms with Crippen LogP contribution in [-0.4, -0.2) is 40.2 Å². The predicted octanol–water partition coefficient (Wildman–Crippen LogP) is 7.58. The first-order valence-electron chi connectivity index (χ1n) is 16.5. The van der Waals surface area contributed by atoms with Crippen molar-refractivity contribution >= 4 is 17.7 Å². The minimum Gasteiger partial charge on any atom is -0.470 e.